The molecule has 138 valence electrons. The monoisotopic (exact) mass is 415 g/mol. The Bertz CT molecular complexity index is 916. The molecule has 0 heterocycles. The van der Waals surface area contributed by atoms with Crippen LogP contribution in [0.3, 0.4) is 0 Å². The Kier molecular flexibility index (Phi) is 7.92. The van der Waals surface area contributed by atoms with Gasteiger partial charge in [-0.05, 0) is 78.6 Å². The summed E-state index contributed by atoms with van der Waals surface area (Å²) < 4.78 is 27.0. The van der Waals surface area contributed by atoms with Crippen LogP contribution in [0.15, 0.2) is 47.4 Å². The molecule has 0 aromatic heterocycles. The Morgan fingerprint density at radius 1 is 1.11 bits per heavy atom. The summed E-state index contributed by atoms with van der Waals surface area (Å²) in [5.74, 6) is -0.755. The first-order valence-corrected chi connectivity index (χ1v) is 10.3. The second-order valence-electron chi connectivity index (χ2n) is 6.54. The summed E-state index contributed by atoms with van der Waals surface area (Å²) in [5.41, 5.74) is 2.43. The van der Waals surface area contributed by atoms with Crippen LogP contribution in [0.1, 0.15) is 34.3 Å². The maximum atomic E-state index is 12.2. The van der Waals surface area contributed by atoms with Gasteiger partial charge in [0.05, 0.1) is 10.9 Å². The largest absolute Gasteiger partial charge is 1.00 e. The molecule has 2 aromatic carbocycles. The van der Waals surface area contributed by atoms with Crippen LogP contribution in [-0.2, 0) is 22.9 Å². The SMILES string of the molecule is O=C([O-])c1ccc2c(c1)CC(CCCNS(=O)(=O)c1ccc(Cl)cc1)C2.[Na+]. The topological polar surface area (TPSA) is 86.3 Å². The van der Waals surface area contributed by atoms with Gasteiger partial charge in [0.1, 0.15) is 0 Å². The number of rotatable bonds is 7. The fraction of sp³-hybridized carbons (Fsp3) is 0.316. The Hall–Kier alpha value is -0.890. The zero-order chi connectivity index (χ0) is 18.7. The fourth-order valence-electron chi connectivity index (χ4n) is 3.33. The van der Waals surface area contributed by atoms with Crippen molar-refractivity contribution >= 4 is 27.6 Å². The van der Waals surface area contributed by atoms with Crippen molar-refractivity contribution in [3.63, 3.8) is 0 Å². The van der Waals surface area contributed by atoms with E-state index in [1.807, 2.05) is 6.07 Å². The van der Waals surface area contributed by atoms with Crippen LogP contribution in [0.5, 0.6) is 0 Å². The molecule has 0 spiro atoms. The molecule has 1 N–H and O–H groups in total. The normalized spacial score (nSPS) is 15.8. The number of hydrogen-bond acceptors (Lipinski definition) is 4. The molecule has 0 saturated heterocycles. The van der Waals surface area contributed by atoms with E-state index in [-0.39, 0.29) is 40.0 Å². The Morgan fingerprint density at radius 3 is 2.44 bits per heavy atom. The second kappa shape index (κ2) is 9.54. The van der Waals surface area contributed by atoms with Crippen molar-refractivity contribution < 1.29 is 47.9 Å². The van der Waals surface area contributed by atoms with E-state index in [0.29, 0.717) is 17.5 Å². The number of sulfonamides is 1. The summed E-state index contributed by atoms with van der Waals surface area (Å²) in [5, 5.41) is 11.4. The second-order valence-corrected chi connectivity index (χ2v) is 8.74. The molecule has 0 aliphatic heterocycles. The molecule has 1 aliphatic carbocycles. The van der Waals surface area contributed by atoms with E-state index in [4.69, 9.17) is 11.6 Å². The zero-order valence-corrected chi connectivity index (χ0v) is 18.6. The van der Waals surface area contributed by atoms with Gasteiger partial charge in [-0.25, -0.2) is 13.1 Å². The van der Waals surface area contributed by atoms with Gasteiger partial charge in [-0.1, -0.05) is 23.7 Å². The van der Waals surface area contributed by atoms with Crippen LogP contribution < -0.4 is 39.4 Å². The molecule has 3 rings (SSSR count). The van der Waals surface area contributed by atoms with Gasteiger partial charge in [-0.3, -0.25) is 0 Å². The number of carboxylic acid groups (broad SMARTS) is 1. The number of halogens is 1. The van der Waals surface area contributed by atoms with Gasteiger partial charge < -0.3 is 9.90 Å². The van der Waals surface area contributed by atoms with Gasteiger partial charge in [0, 0.05) is 11.6 Å². The van der Waals surface area contributed by atoms with Crippen LogP contribution >= 0.6 is 11.6 Å². The Labute approximate surface area is 186 Å². The van der Waals surface area contributed by atoms with Crippen molar-refractivity contribution in [1.29, 1.82) is 0 Å². The van der Waals surface area contributed by atoms with Gasteiger partial charge in [0.25, 0.3) is 0 Å². The van der Waals surface area contributed by atoms with E-state index >= 15 is 0 Å². The molecule has 5 nitrogen and oxygen atoms in total. The number of aromatic carboxylic acids is 1. The standard InChI is InChI=1S/C19H20ClNO4S.Na/c20-17-5-7-18(8-6-17)26(24,25)21-9-1-2-13-10-14-3-4-15(19(22)23)12-16(14)11-13;/h3-8,12-13,21H,1-2,9-11H2,(H,22,23);/q;+1/p-1. The summed E-state index contributed by atoms with van der Waals surface area (Å²) in [6.45, 7) is 0.363. The number of carboxylic acids is 1. The number of carbonyl (C=O) groups excluding carboxylic acids is 1. The average molecular weight is 416 g/mol. The van der Waals surface area contributed by atoms with E-state index in [1.54, 1.807) is 24.3 Å². The van der Waals surface area contributed by atoms with E-state index in [1.165, 1.54) is 17.7 Å². The summed E-state index contributed by atoms with van der Waals surface area (Å²) in [7, 11) is -3.52. The Balaban J connectivity index is 0.00000261. The smallest absolute Gasteiger partial charge is 0.545 e. The van der Waals surface area contributed by atoms with Crippen molar-refractivity contribution in [3.05, 3.63) is 64.2 Å². The zero-order valence-electron chi connectivity index (χ0n) is 15.1. The minimum absolute atomic E-state index is 0. The molecule has 0 amide bonds. The minimum Gasteiger partial charge on any atom is -0.545 e. The van der Waals surface area contributed by atoms with Crippen molar-refractivity contribution in [2.75, 3.05) is 6.54 Å². The van der Waals surface area contributed by atoms with Gasteiger partial charge in [-0.15, -0.1) is 0 Å². The molecule has 0 radical (unpaired) electrons. The summed E-state index contributed by atoms with van der Waals surface area (Å²) in [6.07, 6.45) is 3.31. The molecule has 27 heavy (non-hydrogen) atoms. The maximum Gasteiger partial charge on any atom is 1.00 e. The third kappa shape index (κ3) is 5.79. The van der Waals surface area contributed by atoms with Crippen molar-refractivity contribution in [2.45, 2.75) is 30.6 Å². The summed E-state index contributed by atoms with van der Waals surface area (Å²) in [4.78, 5) is 11.1. The molecule has 0 saturated carbocycles. The van der Waals surface area contributed by atoms with Crippen molar-refractivity contribution in [1.82, 2.24) is 4.72 Å². The molecule has 0 bridgehead atoms. The Morgan fingerprint density at radius 2 is 1.78 bits per heavy atom. The number of fused-ring (bicyclic) bond motifs is 1. The van der Waals surface area contributed by atoms with Gasteiger partial charge in [0.2, 0.25) is 10.0 Å². The molecular formula is C19H19ClNNaO4S. The van der Waals surface area contributed by atoms with Crippen LogP contribution in [0.25, 0.3) is 0 Å². The summed E-state index contributed by atoms with van der Waals surface area (Å²) >= 11 is 5.78. The fourth-order valence-corrected chi connectivity index (χ4v) is 4.53. The van der Waals surface area contributed by atoms with Crippen molar-refractivity contribution in [3.8, 4) is 0 Å². The third-order valence-electron chi connectivity index (χ3n) is 4.66. The van der Waals surface area contributed by atoms with Crippen molar-refractivity contribution in [2.24, 2.45) is 5.92 Å². The van der Waals surface area contributed by atoms with Gasteiger partial charge in [-0.2, -0.15) is 0 Å². The number of carbonyl (C=O) groups is 1. The minimum atomic E-state index is -3.52. The van der Waals surface area contributed by atoms with Crippen LogP contribution in [-0.4, -0.2) is 20.9 Å². The van der Waals surface area contributed by atoms with E-state index in [9.17, 15) is 18.3 Å². The maximum absolute atomic E-state index is 12.2. The predicted octanol–water partition coefficient (Wildman–Crippen LogP) is -0.819. The molecule has 1 unspecified atom stereocenters. The number of nitrogens with one attached hydrogen (secondary N) is 1. The molecule has 0 fully saturated rings. The van der Waals surface area contributed by atoms with E-state index in [2.05, 4.69) is 4.72 Å². The molecule has 8 heteroatoms. The van der Waals surface area contributed by atoms with E-state index in [0.717, 1.165) is 31.2 Å². The number of benzene rings is 2. The first-order chi connectivity index (χ1) is 12.3. The molecular weight excluding hydrogens is 397 g/mol. The predicted molar refractivity (Wildman–Crippen MR) is 97.5 cm³/mol. The molecule has 2 aromatic rings. The van der Waals surface area contributed by atoms with Gasteiger partial charge >= 0.3 is 29.6 Å². The van der Waals surface area contributed by atoms with Crippen LogP contribution in [0.2, 0.25) is 5.02 Å². The first-order valence-electron chi connectivity index (χ1n) is 8.43. The van der Waals surface area contributed by atoms with Crippen LogP contribution in [0, 0.1) is 5.92 Å². The quantitative estimate of drug-likeness (QED) is 0.473. The van der Waals surface area contributed by atoms with Gasteiger partial charge in [0.15, 0.2) is 0 Å². The van der Waals surface area contributed by atoms with E-state index < -0.39 is 16.0 Å². The third-order valence-corrected chi connectivity index (χ3v) is 6.39. The first kappa shape index (κ1) is 22.4. The van der Waals surface area contributed by atoms with Crippen LogP contribution in [0.4, 0.5) is 0 Å². The summed E-state index contributed by atoms with van der Waals surface area (Å²) in [6, 6.07) is 11.2. The number of hydrogen-bond donors (Lipinski definition) is 1. The molecule has 1 aliphatic rings. The molecule has 1 atom stereocenters. The average Bonchev–Trinajstić information content (AvgIpc) is 3.01.